The Kier molecular flexibility index (Phi) is 14.2. The molecule has 1 amide bonds. The first-order chi connectivity index (χ1) is 11.8. The van der Waals surface area contributed by atoms with Gasteiger partial charge in [-0.05, 0) is 6.42 Å². The Labute approximate surface area is 149 Å². The topological polar surface area (TPSA) is 38.8 Å². The van der Waals surface area contributed by atoms with Gasteiger partial charge in [-0.3, -0.25) is 4.79 Å². The van der Waals surface area contributed by atoms with E-state index in [-0.39, 0.29) is 5.91 Å². The molecule has 1 saturated heterocycles. The number of hydroxylamine groups is 2. The highest BCUT2D eigenvalue weighted by Crippen LogP contribution is 2.14. The second-order valence-electron chi connectivity index (χ2n) is 7.02. The van der Waals surface area contributed by atoms with Gasteiger partial charge in [-0.1, -0.05) is 102 Å². The number of nitrogens with zero attached hydrogens (tertiary/aromatic N) is 1. The van der Waals surface area contributed by atoms with Crippen molar-refractivity contribution in [3.05, 3.63) is 0 Å². The van der Waals surface area contributed by atoms with E-state index in [0.717, 1.165) is 18.1 Å². The molecule has 0 aliphatic carbocycles. The van der Waals surface area contributed by atoms with Crippen molar-refractivity contribution < 1.29 is 14.5 Å². The molecule has 4 heteroatoms. The number of carbonyl (C=O) groups excluding carboxylic acids is 1. The molecule has 0 unspecified atom stereocenters. The van der Waals surface area contributed by atoms with E-state index in [9.17, 15) is 4.79 Å². The van der Waals surface area contributed by atoms with E-state index >= 15 is 0 Å². The van der Waals surface area contributed by atoms with Crippen LogP contribution in [0.15, 0.2) is 0 Å². The third-order valence-electron chi connectivity index (χ3n) is 4.70. The van der Waals surface area contributed by atoms with Gasteiger partial charge in [0.1, 0.15) is 13.2 Å². The lowest BCUT2D eigenvalue weighted by atomic mass is 10.0. The molecule has 1 aliphatic heterocycles. The van der Waals surface area contributed by atoms with Crippen LogP contribution in [0.25, 0.3) is 0 Å². The Bertz CT molecular complexity index is 291. The zero-order valence-electron chi connectivity index (χ0n) is 15.9. The average Bonchev–Trinajstić information content (AvgIpc) is 3.13. The Morgan fingerprint density at radius 3 is 1.46 bits per heavy atom. The quantitative estimate of drug-likeness (QED) is 0.325. The van der Waals surface area contributed by atoms with Crippen LogP contribution < -0.4 is 0 Å². The highest BCUT2D eigenvalue weighted by molar-refractivity contribution is 5.74. The standard InChI is InChI=1S/C20H39NO3/c1-2-3-4-5-6-7-8-9-10-11-12-13-14-15-16-17-20(22)21-23-18-19-24-21/h2-19H2,1H3. The minimum absolute atomic E-state index is 0.0396. The molecule has 0 bridgehead atoms. The first kappa shape index (κ1) is 21.4. The molecule has 4 nitrogen and oxygen atoms in total. The van der Waals surface area contributed by atoms with Gasteiger partial charge in [0.2, 0.25) is 0 Å². The van der Waals surface area contributed by atoms with E-state index in [1.54, 1.807) is 0 Å². The van der Waals surface area contributed by atoms with Gasteiger partial charge in [-0.15, -0.1) is 0 Å². The Balaban J connectivity index is 1.71. The summed E-state index contributed by atoms with van der Waals surface area (Å²) in [5.41, 5.74) is 0. The number of rotatable bonds is 16. The van der Waals surface area contributed by atoms with Crippen molar-refractivity contribution in [2.75, 3.05) is 13.2 Å². The summed E-state index contributed by atoms with van der Waals surface area (Å²) in [6.45, 7) is 3.26. The van der Waals surface area contributed by atoms with E-state index in [2.05, 4.69) is 6.92 Å². The first-order valence-electron chi connectivity index (χ1n) is 10.4. The van der Waals surface area contributed by atoms with Crippen LogP contribution >= 0.6 is 0 Å². The van der Waals surface area contributed by atoms with Crippen molar-refractivity contribution in [1.29, 1.82) is 0 Å². The summed E-state index contributed by atoms with van der Waals surface area (Å²) < 4.78 is 0. The maximum Gasteiger partial charge on any atom is 0.273 e. The van der Waals surface area contributed by atoms with Gasteiger partial charge in [0.15, 0.2) is 0 Å². The van der Waals surface area contributed by atoms with Crippen LogP contribution in [0.1, 0.15) is 110 Å². The van der Waals surface area contributed by atoms with Gasteiger partial charge < -0.3 is 0 Å². The van der Waals surface area contributed by atoms with Gasteiger partial charge in [0.05, 0.1) is 0 Å². The minimum atomic E-state index is -0.0396. The molecule has 0 atom stereocenters. The fourth-order valence-electron chi connectivity index (χ4n) is 3.16. The first-order valence-corrected chi connectivity index (χ1v) is 10.4. The second-order valence-corrected chi connectivity index (χ2v) is 7.02. The molecule has 0 aromatic carbocycles. The average molecular weight is 342 g/mol. The van der Waals surface area contributed by atoms with Gasteiger partial charge in [0.25, 0.3) is 5.91 Å². The molecule has 1 fully saturated rings. The maximum atomic E-state index is 11.7. The molecule has 0 N–H and O–H groups in total. The number of hydrogen-bond acceptors (Lipinski definition) is 3. The molecule has 1 rings (SSSR count). The molecule has 0 aromatic heterocycles. The van der Waals surface area contributed by atoms with Crippen LogP contribution in [0.4, 0.5) is 0 Å². The van der Waals surface area contributed by atoms with Crippen molar-refractivity contribution in [1.82, 2.24) is 5.23 Å². The van der Waals surface area contributed by atoms with Crippen molar-refractivity contribution in [3.63, 3.8) is 0 Å². The smallest absolute Gasteiger partial charge is 0.270 e. The van der Waals surface area contributed by atoms with Gasteiger partial charge >= 0.3 is 0 Å². The van der Waals surface area contributed by atoms with Gasteiger partial charge in [-0.2, -0.15) is 0 Å². The second kappa shape index (κ2) is 15.9. The van der Waals surface area contributed by atoms with Crippen LogP contribution in [0.2, 0.25) is 0 Å². The summed E-state index contributed by atoms with van der Waals surface area (Å²) in [5.74, 6) is -0.0396. The van der Waals surface area contributed by atoms with E-state index in [4.69, 9.17) is 9.68 Å². The monoisotopic (exact) mass is 341 g/mol. The van der Waals surface area contributed by atoms with Gasteiger partial charge in [-0.25, -0.2) is 9.68 Å². The summed E-state index contributed by atoms with van der Waals surface area (Å²) in [7, 11) is 0. The number of unbranched alkanes of at least 4 members (excludes halogenated alkanes) is 14. The number of amides is 1. The lowest BCUT2D eigenvalue weighted by molar-refractivity contribution is -0.278. The van der Waals surface area contributed by atoms with Crippen LogP contribution in [-0.2, 0) is 14.5 Å². The number of hydrogen-bond donors (Lipinski definition) is 0. The van der Waals surface area contributed by atoms with E-state index < -0.39 is 0 Å². The fourth-order valence-corrected chi connectivity index (χ4v) is 3.16. The highest BCUT2D eigenvalue weighted by Gasteiger charge is 2.19. The Morgan fingerprint density at radius 2 is 1.04 bits per heavy atom. The molecule has 0 spiro atoms. The predicted octanol–water partition coefficient (Wildman–Crippen LogP) is 5.95. The van der Waals surface area contributed by atoms with E-state index in [0.29, 0.717) is 19.6 Å². The number of carbonyl (C=O) groups is 1. The molecule has 0 radical (unpaired) electrons. The molecule has 1 aliphatic rings. The zero-order chi connectivity index (χ0) is 17.3. The summed E-state index contributed by atoms with van der Waals surface area (Å²) >= 11 is 0. The fraction of sp³-hybridized carbons (Fsp3) is 0.950. The summed E-state index contributed by atoms with van der Waals surface area (Å²) in [5, 5.41) is 1.06. The Morgan fingerprint density at radius 1 is 0.667 bits per heavy atom. The van der Waals surface area contributed by atoms with Crippen LogP contribution in [0, 0.1) is 0 Å². The third-order valence-corrected chi connectivity index (χ3v) is 4.70. The van der Waals surface area contributed by atoms with Crippen molar-refractivity contribution >= 4 is 5.91 Å². The third kappa shape index (κ3) is 11.9. The van der Waals surface area contributed by atoms with E-state index in [1.165, 1.54) is 83.5 Å². The van der Waals surface area contributed by atoms with Crippen molar-refractivity contribution in [2.45, 2.75) is 110 Å². The summed E-state index contributed by atoms with van der Waals surface area (Å²) in [6.07, 6.45) is 20.6. The summed E-state index contributed by atoms with van der Waals surface area (Å²) in [4.78, 5) is 21.8. The molecule has 142 valence electrons. The normalized spacial score (nSPS) is 14.5. The van der Waals surface area contributed by atoms with Crippen molar-refractivity contribution in [2.24, 2.45) is 0 Å². The highest BCUT2D eigenvalue weighted by atomic mass is 17.0. The maximum absolute atomic E-state index is 11.7. The SMILES string of the molecule is CCCCCCCCCCCCCCCCCC(=O)N1OCCO1. The minimum Gasteiger partial charge on any atom is -0.270 e. The zero-order valence-corrected chi connectivity index (χ0v) is 15.9. The largest absolute Gasteiger partial charge is 0.273 e. The lowest BCUT2D eigenvalue weighted by Crippen LogP contribution is -2.24. The van der Waals surface area contributed by atoms with Crippen molar-refractivity contribution in [3.8, 4) is 0 Å². The van der Waals surface area contributed by atoms with Crippen LogP contribution in [0.5, 0.6) is 0 Å². The van der Waals surface area contributed by atoms with Crippen LogP contribution in [0.3, 0.4) is 0 Å². The Hall–Kier alpha value is -0.610. The molecular formula is C20H39NO3. The van der Waals surface area contributed by atoms with Gasteiger partial charge in [0, 0.05) is 6.42 Å². The lowest BCUT2D eigenvalue weighted by Gasteiger charge is -2.11. The van der Waals surface area contributed by atoms with E-state index in [1.807, 2.05) is 0 Å². The molecule has 1 heterocycles. The molecule has 0 saturated carbocycles. The predicted molar refractivity (Wildman–Crippen MR) is 98.3 cm³/mol. The van der Waals surface area contributed by atoms with Crippen LogP contribution in [-0.4, -0.2) is 24.3 Å². The molecule has 24 heavy (non-hydrogen) atoms. The summed E-state index contributed by atoms with van der Waals surface area (Å²) in [6, 6.07) is 0. The molecule has 0 aromatic rings. The molecular weight excluding hydrogens is 302 g/mol.